The van der Waals surface area contributed by atoms with Crippen LogP contribution in [0, 0.1) is 0 Å². The number of unbranched alkanes of at least 4 members (excludes halogenated alkanes) is 2. The Balaban J connectivity index is 1.79. The van der Waals surface area contributed by atoms with Crippen molar-refractivity contribution < 1.29 is 4.79 Å². The highest BCUT2D eigenvalue weighted by Crippen LogP contribution is 2.24. The normalized spacial score (nSPS) is 10.8. The first-order valence-electron chi connectivity index (χ1n) is 8.64. The molecule has 5 heteroatoms. The first-order valence-corrected chi connectivity index (χ1v) is 9.01. The van der Waals surface area contributed by atoms with Gasteiger partial charge in [0, 0.05) is 48.9 Å². The molecule has 4 nitrogen and oxygen atoms in total. The van der Waals surface area contributed by atoms with Gasteiger partial charge in [-0.25, -0.2) is 0 Å². The molecular weight excluding hydrogens is 322 g/mol. The number of anilines is 1. The van der Waals surface area contributed by atoms with Crippen molar-refractivity contribution in [3.8, 4) is 0 Å². The molecule has 0 saturated heterocycles. The van der Waals surface area contributed by atoms with Crippen LogP contribution in [0.25, 0.3) is 10.9 Å². The number of rotatable bonds is 9. The van der Waals surface area contributed by atoms with Gasteiger partial charge in [-0.1, -0.05) is 31.4 Å². The number of fused-ring (bicyclic) bond motifs is 1. The second-order valence-electron chi connectivity index (χ2n) is 6.07. The number of benzene rings is 1. The minimum Gasteiger partial charge on any atom is -0.384 e. The van der Waals surface area contributed by atoms with Crippen molar-refractivity contribution in [2.45, 2.75) is 39.0 Å². The van der Waals surface area contributed by atoms with Crippen molar-refractivity contribution in [3.63, 3.8) is 0 Å². The number of hydrogen-bond acceptors (Lipinski definition) is 3. The van der Waals surface area contributed by atoms with Gasteiger partial charge >= 0.3 is 0 Å². The van der Waals surface area contributed by atoms with Gasteiger partial charge in [0.25, 0.3) is 0 Å². The Bertz CT molecular complexity index is 675. The first kappa shape index (κ1) is 18.5. The first-order chi connectivity index (χ1) is 11.6. The largest absolute Gasteiger partial charge is 0.384 e. The summed E-state index contributed by atoms with van der Waals surface area (Å²) in [5, 5.41) is 5.18. The molecule has 1 N–H and O–H groups in total. The van der Waals surface area contributed by atoms with Gasteiger partial charge in [-0.3, -0.25) is 9.78 Å². The lowest BCUT2D eigenvalue weighted by molar-refractivity contribution is -0.130. The summed E-state index contributed by atoms with van der Waals surface area (Å²) in [5.74, 6) is 0.243. The average Bonchev–Trinajstić information content (AvgIpc) is 2.58. The molecule has 0 aliphatic rings. The highest BCUT2D eigenvalue weighted by atomic mass is 35.5. The molecule has 0 aliphatic heterocycles. The summed E-state index contributed by atoms with van der Waals surface area (Å²) in [4.78, 5) is 18.1. The molecule has 0 fully saturated rings. The van der Waals surface area contributed by atoms with E-state index in [4.69, 9.17) is 11.6 Å². The lowest BCUT2D eigenvalue weighted by Gasteiger charge is -2.17. The Hall–Kier alpha value is -1.81. The fourth-order valence-electron chi connectivity index (χ4n) is 2.66. The van der Waals surface area contributed by atoms with Gasteiger partial charge in [0.05, 0.1) is 5.52 Å². The topological polar surface area (TPSA) is 45.2 Å². The maximum atomic E-state index is 12.0. The molecule has 0 saturated carbocycles. The zero-order valence-electron chi connectivity index (χ0n) is 14.5. The third-order valence-electron chi connectivity index (χ3n) is 4.11. The van der Waals surface area contributed by atoms with E-state index in [0.29, 0.717) is 11.4 Å². The number of nitrogens with one attached hydrogen (secondary N) is 1. The average molecular weight is 348 g/mol. The van der Waals surface area contributed by atoms with Crippen molar-refractivity contribution >= 4 is 34.1 Å². The van der Waals surface area contributed by atoms with Gasteiger partial charge in [0.1, 0.15) is 0 Å². The van der Waals surface area contributed by atoms with E-state index < -0.39 is 0 Å². The van der Waals surface area contributed by atoms with Gasteiger partial charge in [-0.2, -0.15) is 0 Å². The standard InChI is InChI=1S/C19H26ClN3O/c1-3-4-5-7-19(24)23(2)13-6-11-21-17-10-12-22-18-14-15(20)8-9-16(17)18/h8-10,12,14H,3-7,11,13H2,1-2H3,(H,21,22). The molecule has 0 atom stereocenters. The SMILES string of the molecule is CCCCCC(=O)N(C)CCCNc1ccnc2cc(Cl)ccc12. The van der Waals surface area contributed by atoms with Crippen LogP contribution in [0.1, 0.15) is 39.0 Å². The van der Waals surface area contributed by atoms with Crippen molar-refractivity contribution in [1.29, 1.82) is 0 Å². The predicted octanol–water partition coefficient (Wildman–Crippen LogP) is 4.73. The molecule has 2 rings (SSSR count). The number of amides is 1. The van der Waals surface area contributed by atoms with Gasteiger partial charge in [-0.15, -0.1) is 0 Å². The zero-order chi connectivity index (χ0) is 17.4. The van der Waals surface area contributed by atoms with E-state index in [1.54, 1.807) is 6.20 Å². The van der Waals surface area contributed by atoms with Gasteiger partial charge < -0.3 is 10.2 Å². The Labute approximate surface area is 149 Å². The third-order valence-corrected chi connectivity index (χ3v) is 4.35. The van der Waals surface area contributed by atoms with Crippen LogP contribution in [0.5, 0.6) is 0 Å². The number of nitrogens with zero attached hydrogens (tertiary/aromatic N) is 2. The van der Waals surface area contributed by atoms with Gasteiger partial charge in [0.15, 0.2) is 0 Å². The minimum atomic E-state index is 0.243. The summed E-state index contributed by atoms with van der Waals surface area (Å²) < 4.78 is 0. The number of pyridine rings is 1. The highest BCUT2D eigenvalue weighted by molar-refractivity contribution is 6.31. The second kappa shape index (κ2) is 9.48. The predicted molar refractivity (Wildman–Crippen MR) is 102 cm³/mol. The number of carbonyl (C=O) groups excluding carboxylic acids is 1. The Kier molecular flexibility index (Phi) is 7.32. The summed E-state index contributed by atoms with van der Waals surface area (Å²) in [6, 6.07) is 7.69. The zero-order valence-corrected chi connectivity index (χ0v) is 15.3. The van der Waals surface area contributed by atoms with Gasteiger partial charge in [-0.05, 0) is 37.1 Å². The molecule has 0 bridgehead atoms. The van der Waals surface area contributed by atoms with Crippen LogP contribution in [0.3, 0.4) is 0 Å². The van der Waals surface area contributed by atoms with Gasteiger partial charge in [0.2, 0.25) is 5.91 Å². The molecule has 0 unspecified atom stereocenters. The second-order valence-corrected chi connectivity index (χ2v) is 6.51. The molecule has 2 aromatic rings. The number of halogens is 1. The van der Waals surface area contributed by atoms with E-state index in [9.17, 15) is 4.79 Å². The summed E-state index contributed by atoms with van der Waals surface area (Å²) in [6.07, 6.45) is 6.61. The van der Waals surface area contributed by atoms with Crippen LogP contribution >= 0.6 is 11.6 Å². The lowest BCUT2D eigenvalue weighted by atomic mass is 10.2. The molecule has 0 radical (unpaired) electrons. The maximum Gasteiger partial charge on any atom is 0.222 e. The molecule has 24 heavy (non-hydrogen) atoms. The van der Waals surface area contributed by atoms with E-state index in [0.717, 1.165) is 55.4 Å². The summed E-state index contributed by atoms with van der Waals surface area (Å²) in [7, 11) is 1.89. The number of carbonyl (C=O) groups is 1. The molecule has 1 aromatic carbocycles. The number of aromatic nitrogens is 1. The van der Waals surface area contributed by atoms with E-state index >= 15 is 0 Å². The Morgan fingerprint density at radius 3 is 2.88 bits per heavy atom. The van der Waals surface area contributed by atoms with E-state index in [1.807, 2.05) is 36.2 Å². The minimum absolute atomic E-state index is 0.243. The molecular formula is C19H26ClN3O. The summed E-state index contributed by atoms with van der Waals surface area (Å²) in [6.45, 7) is 3.73. The Morgan fingerprint density at radius 1 is 1.25 bits per heavy atom. The van der Waals surface area contributed by atoms with Crippen LogP contribution in [-0.4, -0.2) is 35.9 Å². The summed E-state index contributed by atoms with van der Waals surface area (Å²) >= 11 is 6.01. The highest BCUT2D eigenvalue weighted by Gasteiger charge is 2.08. The van der Waals surface area contributed by atoms with Crippen LogP contribution in [0.15, 0.2) is 30.5 Å². The fourth-order valence-corrected chi connectivity index (χ4v) is 2.82. The van der Waals surface area contributed by atoms with E-state index in [-0.39, 0.29) is 5.91 Å². The van der Waals surface area contributed by atoms with Crippen molar-refractivity contribution in [3.05, 3.63) is 35.5 Å². The Morgan fingerprint density at radius 2 is 2.08 bits per heavy atom. The quantitative estimate of drug-likeness (QED) is 0.667. The van der Waals surface area contributed by atoms with E-state index in [2.05, 4.69) is 17.2 Å². The number of hydrogen-bond donors (Lipinski definition) is 1. The monoisotopic (exact) mass is 347 g/mol. The molecule has 1 heterocycles. The van der Waals surface area contributed by atoms with Crippen LogP contribution < -0.4 is 5.32 Å². The molecule has 0 spiro atoms. The summed E-state index contributed by atoms with van der Waals surface area (Å²) in [5.41, 5.74) is 1.93. The van der Waals surface area contributed by atoms with Crippen LogP contribution in [-0.2, 0) is 4.79 Å². The van der Waals surface area contributed by atoms with Crippen molar-refractivity contribution in [2.75, 3.05) is 25.5 Å². The molecule has 1 aromatic heterocycles. The molecule has 130 valence electrons. The molecule has 1 amide bonds. The smallest absolute Gasteiger partial charge is 0.222 e. The van der Waals surface area contributed by atoms with Crippen molar-refractivity contribution in [1.82, 2.24) is 9.88 Å². The van der Waals surface area contributed by atoms with Crippen LogP contribution in [0.2, 0.25) is 5.02 Å². The maximum absolute atomic E-state index is 12.0. The lowest BCUT2D eigenvalue weighted by Crippen LogP contribution is -2.28. The molecule has 0 aliphatic carbocycles. The van der Waals surface area contributed by atoms with Crippen LogP contribution in [0.4, 0.5) is 5.69 Å². The fraction of sp³-hybridized carbons (Fsp3) is 0.474. The van der Waals surface area contributed by atoms with E-state index in [1.165, 1.54) is 0 Å². The van der Waals surface area contributed by atoms with Crippen molar-refractivity contribution in [2.24, 2.45) is 0 Å². The third kappa shape index (κ3) is 5.38.